The minimum absolute atomic E-state index is 0.0908. The van der Waals surface area contributed by atoms with Crippen LogP contribution in [-0.4, -0.2) is 41.5 Å². The number of pyridine rings is 1. The molecule has 1 atom stereocenters. The summed E-state index contributed by atoms with van der Waals surface area (Å²) in [6.45, 7) is 3.21. The second-order valence-electron chi connectivity index (χ2n) is 8.05. The molecule has 156 valence electrons. The first kappa shape index (κ1) is 20.1. The van der Waals surface area contributed by atoms with Crippen molar-refractivity contribution in [3.05, 3.63) is 22.2 Å². The Balaban J connectivity index is 1.60. The number of anilines is 1. The number of hydrogen-bond acceptors (Lipinski definition) is 6. The van der Waals surface area contributed by atoms with E-state index in [1.807, 2.05) is 0 Å². The van der Waals surface area contributed by atoms with Crippen LogP contribution < -0.4 is 5.73 Å². The molecule has 1 aliphatic carbocycles. The molecule has 29 heavy (non-hydrogen) atoms. The zero-order chi connectivity index (χ0) is 20.4. The highest BCUT2D eigenvalue weighted by atomic mass is 32.1. The van der Waals surface area contributed by atoms with Crippen LogP contribution in [0.1, 0.15) is 66.4 Å². The van der Waals surface area contributed by atoms with Crippen molar-refractivity contribution >= 4 is 39.1 Å². The van der Waals surface area contributed by atoms with Gasteiger partial charge in [0.1, 0.15) is 9.71 Å². The summed E-state index contributed by atoms with van der Waals surface area (Å²) < 4.78 is 5.16. The molecule has 1 saturated heterocycles. The van der Waals surface area contributed by atoms with Gasteiger partial charge in [-0.3, -0.25) is 9.59 Å². The van der Waals surface area contributed by atoms with Crippen molar-refractivity contribution < 1.29 is 14.3 Å². The number of rotatable bonds is 3. The third-order valence-electron chi connectivity index (χ3n) is 6.02. The van der Waals surface area contributed by atoms with Crippen LogP contribution in [0.25, 0.3) is 10.2 Å². The zero-order valence-electron chi connectivity index (χ0n) is 17.0. The minimum Gasteiger partial charge on any atom is -0.466 e. The summed E-state index contributed by atoms with van der Waals surface area (Å²) in [6.07, 6.45) is 8.46. The lowest BCUT2D eigenvalue weighted by molar-refractivity contribution is -0.149. The van der Waals surface area contributed by atoms with Crippen molar-refractivity contribution in [2.45, 2.75) is 58.3 Å². The van der Waals surface area contributed by atoms with Crippen molar-refractivity contribution in [2.75, 3.05) is 25.4 Å². The molecule has 1 unspecified atom stereocenters. The number of fused-ring (bicyclic) bond motifs is 2. The van der Waals surface area contributed by atoms with Gasteiger partial charge in [-0.1, -0.05) is 12.8 Å². The predicted molar refractivity (Wildman–Crippen MR) is 115 cm³/mol. The van der Waals surface area contributed by atoms with E-state index in [0.29, 0.717) is 30.3 Å². The standard InChI is InChI=1S/C22H29N3O3S/c1-2-28-22(27)15-9-7-11-25(13-15)21(26)19-18(23)16-12-14-8-5-3-4-6-10-17(14)24-20(16)29-19/h12,15H,2-11,13,23H2,1H3. The van der Waals surface area contributed by atoms with Gasteiger partial charge in [-0.2, -0.15) is 0 Å². The maximum atomic E-state index is 13.2. The summed E-state index contributed by atoms with van der Waals surface area (Å²) in [5.41, 5.74) is 9.40. The van der Waals surface area contributed by atoms with Crippen LogP contribution >= 0.6 is 11.3 Å². The molecule has 1 amide bonds. The highest BCUT2D eigenvalue weighted by Crippen LogP contribution is 2.36. The molecule has 6 nitrogen and oxygen atoms in total. The number of aromatic nitrogens is 1. The van der Waals surface area contributed by atoms with Gasteiger partial charge in [0.05, 0.1) is 18.2 Å². The summed E-state index contributed by atoms with van der Waals surface area (Å²) in [5, 5.41) is 0.900. The molecule has 0 aromatic carbocycles. The summed E-state index contributed by atoms with van der Waals surface area (Å²) in [5.74, 6) is -0.552. The third-order valence-corrected chi connectivity index (χ3v) is 7.13. The Bertz CT molecular complexity index is 924. The summed E-state index contributed by atoms with van der Waals surface area (Å²) >= 11 is 1.39. The van der Waals surface area contributed by atoms with E-state index in [2.05, 4.69) is 6.07 Å². The van der Waals surface area contributed by atoms with Gasteiger partial charge in [0, 0.05) is 24.2 Å². The number of ether oxygens (including phenoxy) is 1. The van der Waals surface area contributed by atoms with Crippen LogP contribution in [0.4, 0.5) is 5.69 Å². The van der Waals surface area contributed by atoms with E-state index in [1.54, 1.807) is 11.8 Å². The van der Waals surface area contributed by atoms with E-state index in [-0.39, 0.29) is 17.8 Å². The second kappa shape index (κ2) is 8.69. The fourth-order valence-corrected chi connectivity index (χ4v) is 5.49. The lowest BCUT2D eigenvalue weighted by Gasteiger charge is -2.31. The van der Waals surface area contributed by atoms with E-state index in [1.165, 1.54) is 42.6 Å². The largest absolute Gasteiger partial charge is 0.466 e. The van der Waals surface area contributed by atoms with Gasteiger partial charge < -0.3 is 15.4 Å². The van der Waals surface area contributed by atoms with Crippen molar-refractivity contribution in [3.8, 4) is 0 Å². The first-order valence-electron chi connectivity index (χ1n) is 10.7. The number of carbonyl (C=O) groups is 2. The average Bonchev–Trinajstić information content (AvgIpc) is 3.03. The van der Waals surface area contributed by atoms with Crippen molar-refractivity contribution in [3.63, 3.8) is 0 Å². The number of esters is 1. The highest BCUT2D eigenvalue weighted by Gasteiger charge is 2.31. The Labute approximate surface area is 175 Å². The van der Waals surface area contributed by atoms with Gasteiger partial charge >= 0.3 is 5.97 Å². The van der Waals surface area contributed by atoms with Crippen LogP contribution in [0.5, 0.6) is 0 Å². The molecular weight excluding hydrogens is 386 g/mol. The second-order valence-corrected chi connectivity index (χ2v) is 9.05. The Morgan fingerprint density at radius 1 is 1.24 bits per heavy atom. The predicted octanol–water partition coefficient (Wildman–Crippen LogP) is 3.95. The number of aryl methyl sites for hydroxylation is 2. The molecular formula is C22H29N3O3S. The SMILES string of the molecule is CCOC(=O)C1CCCN(C(=O)c2sc3nc4c(cc3c2N)CCCCCC4)C1. The Morgan fingerprint density at radius 3 is 2.83 bits per heavy atom. The molecule has 3 heterocycles. The normalized spacial score (nSPS) is 20.0. The Hall–Kier alpha value is -2.15. The van der Waals surface area contributed by atoms with Gasteiger partial charge in [0.2, 0.25) is 0 Å². The Kier molecular flexibility index (Phi) is 6.04. The number of amides is 1. The summed E-state index contributed by atoms with van der Waals surface area (Å²) in [4.78, 5) is 33.4. The fourth-order valence-electron chi connectivity index (χ4n) is 4.43. The smallest absolute Gasteiger partial charge is 0.310 e. The monoisotopic (exact) mass is 415 g/mol. The number of nitrogens with zero attached hydrogens (tertiary/aromatic N) is 2. The minimum atomic E-state index is -0.249. The van der Waals surface area contributed by atoms with E-state index in [4.69, 9.17) is 15.5 Å². The van der Waals surface area contributed by atoms with E-state index in [9.17, 15) is 9.59 Å². The topological polar surface area (TPSA) is 85.5 Å². The van der Waals surface area contributed by atoms with E-state index < -0.39 is 0 Å². The first-order chi connectivity index (χ1) is 14.1. The van der Waals surface area contributed by atoms with Crippen LogP contribution in [-0.2, 0) is 22.4 Å². The van der Waals surface area contributed by atoms with Crippen LogP contribution in [0.2, 0.25) is 0 Å². The van der Waals surface area contributed by atoms with Crippen LogP contribution in [0, 0.1) is 5.92 Å². The molecule has 4 rings (SSSR count). The van der Waals surface area contributed by atoms with E-state index >= 15 is 0 Å². The molecule has 0 bridgehead atoms. The number of nitrogens with two attached hydrogens (primary N) is 1. The van der Waals surface area contributed by atoms with Crippen molar-refractivity contribution in [1.29, 1.82) is 0 Å². The number of carbonyl (C=O) groups excluding carboxylic acids is 2. The number of piperidine rings is 1. The molecule has 0 spiro atoms. The number of nitrogen functional groups attached to an aromatic ring is 1. The van der Waals surface area contributed by atoms with Gasteiger partial charge in [-0.25, -0.2) is 4.98 Å². The molecule has 2 N–H and O–H groups in total. The van der Waals surface area contributed by atoms with Gasteiger partial charge in [0.15, 0.2) is 0 Å². The van der Waals surface area contributed by atoms with Crippen LogP contribution in [0.15, 0.2) is 6.07 Å². The molecule has 1 aliphatic heterocycles. The molecule has 2 aliphatic rings. The average molecular weight is 416 g/mol. The lowest BCUT2D eigenvalue weighted by atomic mass is 9.96. The van der Waals surface area contributed by atoms with Gasteiger partial charge in [-0.15, -0.1) is 11.3 Å². The fraction of sp³-hybridized carbons (Fsp3) is 0.591. The lowest BCUT2D eigenvalue weighted by Crippen LogP contribution is -2.42. The number of hydrogen-bond donors (Lipinski definition) is 1. The molecule has 2 aromatic heterocycles. The molecule has 1 fully saturated rings. The van der Waals surface area contributed by atoms with Crippen molar-refractivity contribution in [2.24, 2.45) is 5.92 Å². The zero-order valence-corrected chi connectivity index (χ0v) is 17.9. The maximum absolute atomic E-state index is 13.2. The summed E-state index contributed by atoms with van der Waals surface area (Å²) in [7, 11) is 0. The third kappa shape index (κ3) is 4.10. The Morgan fingerprint density at radius 2 is 2.03 bits per heavy atom. The first-order valence-corrected chi connectivity index (χ1v) is 11.6. The van der Waals surface area contributed by atoms with Gasteiger partial charge in [0.25, 0.3) is 5.91 Å². The highest BCUT2D eigenvalue weighted by molar-refractivity contribution is 7.21. The van der Waals surface area contributed by atoms with Crippen molar-refractivity contribution in [1.82, 2.24) is 9.88 Å². The number of likely N-dealkylation sites (tertiary alicyclic amines) is 1. The van der Waals surface area contributed by atoms with E-state index in [0.717, 1.165) is 41.6 Å². The molecule has 2 aromatic rings. The quantitative estimate of drug-likeness (QED) is 0.767. The maximum Gasteiger partial charge on any atom is 0.310 e. The molecule has 0 radical (unpaired) electrons. The molecule has 0 saturated carbocycles. The summed E-state index contributed by atoms with van der Waals surface area (Å²) in [6, 6.07) is 2.16. The van der Waals surface area contributed by atoms with Crippen LogP contribution in [0.3, 0.4) is 0 Å². The molecule has 7 heteroatoms. The van der Waals surface area contributed by atoms with Gasteiger partial charge in [-0.05, 0) is 57.1 Å². The number of thiophene rings is 1.